The lowest BCUT2D eigenvalue weighted by Crippen LogP contribution is -2.33. The van der Waals surface area contributed by atoms with Crippen molar-refractivity contribution in [2.75, 3.05) is 17.6 Å². The topological polar surface area (TPSA) is 78.9 Å². The molecule has 0 radical (unpaired) electrons. The van der Waals surface area contributed by atoms with Crippen LogP contribution in [0.25, 0.3) is 0 Å². The maximum atomic E-state index is 11.4. The first-order valence-electron chi connectivity index (χ1n) is 6.04. The molecule has 0 bridgehead atoms. The molecule has 1 saturated carbocycles. The summed E-state index contributed by atoms with van der Waals surface area (Å²) in [5.74, 6) is -0.0862. The molecule has 1 aliphatic rings. The number of hydrogen-bond acceptors (Lipinski definition) is 5. The number of nitrogen functional groups attached to an aromatic ring is 1. The average molecular weight is 263 g/mol. The molecule has 1 aromatic rings. The molecular weight excluding hydrogens is 246 g/mol. The maximum absolute atomic E-state index is 11.4. The first-order valence-corrected chi connectivity index (χ1v) is 6.86. The van der Waals surface area contributed by atoms with Crippen LogP contribution >= 0.6 is 11.3 Å². The molecule has 0 saturated heterocycles. The van der Waals surface area contributed by atoms with Gasteiger partial charge in [-0.1, -0.05) is 13.3 Å². The van der Waals surface area contributed by atoms with Gasteiger partial charge in [-0.05, 0) is 18.3 Å². The Labute approximate surface area is 111 Å². The number of anilines is 2. The molecule has 1 fully saturated rings. The second-order valence-corrected chi connectivity index (χ2v) is 6.26. The van der Waals surface area contributed by atoms with Crippen molar-refractivity contribution in [1.29, 1.82) is 5.26 Å². The van der Waals surface area contributed by atoms with Crippen LogP contribution in [0.15, 0.2) is 0 Å². The van der Waals surface area contributed by atoms with E-state index in [9.17, 15) is 4.79 Å². The van der Waals surface area contributed by atoms with E-state index in [1.165, 1.54) is 37.5 Å². The van der Waals surface area contributed by atoms with Crippen LogP contribution in [-0.2, 0) is 0 Å². The van der Waals surface area contributed by atoms with Crippen molar-refractivity contribution in [3.05, 3.63) is 10.4 Å². The molecule has 2 rings (SSSR count). The Bertz CT molecular complexity index is 523. The number of carbonyl (C=O) groups is 1. The standard InChI is InChI=1S/C13H17N3OS/c1-8(17)11-10(15)9(6-14)12(18-11)16-7-13(2)4-3-5-13/h16H,3-5,7,15H2,1-2H3. The number of Topliss-reactive ketones (excluding diaryl/α,β-unsaturated/α-hetero) is 1. The summed E-state index contributed by atoms with van der Waals surface area (Å²) in [6.45, 7) is 4.54. The van der Waals surface area contributed by atoms with Crippen molar-refractivity contribution in [2.24, 2.45) is 5.41 Å². The Balaban J connectivity index is 2.19. The van der Waals surface area contributed by atoms with Gasteiger partial charge in [0.1, 0.15) is 16.6 Å². The zero-order chi connectivity index (χ0) is 13.3. The smallest absolute Gasteiger partial charge is 0.171 e. The number of nitrogens with two attached hydrogens (primary N) is 1. The fourth-order valence-corrected chi connectivity index (χ4v) is 3.15. The van der Waals surface area contributed by atoms with Crippen molar-refractivity contribution in [2.45, 2.75) is 33.1 Å². The Kier molecular flexibility index (Phi) is 3.31. The summed E-state index contributed by atoms with van der Waals surface area (Å²) in [6, 6.07) is 2.08. The van der Waals surface area contributed by atoms with E-state index in [0.717, 1.165) is 11.5 Å². The quantitative estimate of drug-likeness (QED) is 0.818. The number of nitrogens with zero attached hydrogens (tertiary/aromatic N) is 1. The predicted octanol–water partition coefficient (Wildman–Crippen LogP) is 3.01. The van der Waals surface area contributed by atoms with E-state index in [1.807, 2.05) is 0 Å². The van der Waals surface area contributed by atoms with Crippen molar-refractivity contribution in [1.82, 2.24) is 0 Å². The molecule has 0 atom stereocenters. The summed E-state index contributed by atoms with van der Waals surface area (Å²) < 4.78 is 0. The fraction of sp³-hybridized carbons (Fsp3) is 0.538. The Morgan fingerprint density at radius 1 is 1.61 bits per heavy atom. The number of thiophene rings is 1. The summed E-state index contributed by atoms with van der Waals surface area (Å²) in [7, 11) is 0. The number of rotatable bonds is 4. The molecule has 0 unspecified atom stereocenters. The van der Waals surface area contributed by atoms with Gasteiger partial charge in [0.05, 0.1) is 10.6 Å². The van der Waals surface area contributed by atoms with Gasteiger partial charge in [-0.2, -0.15) is 5.26 Å². The molecule has 1 heterocycles. The molecule has 0 aromatic carbocycles. The molecule has 1 aromatic heterocycles. The lowest BCUT2D eigenvalue weighted by atomic mass is 9.70. The maximum Gasteiger partial charge on any atom is 0.171 e. The molecule has 0 amide bonds. The number of nitrogens with one attached hydrogen (secondary N) is 1. The van der Waals surface area contributed by atoms with Crippen molar-refractivity contribution >= 4 is 27.8 Å². The van der Waals surface area contributed by atoms with Crippen LogP contribution in [0.3, 0.4) is 0 Å². The van der Waals surface area contributed by atoms with E-state index >= 15 is 0 Å². The minimum Gasteiger partial charge on any atom is -0.396 e. The normalized spacial score (nSPS) is 16.7. The third kappa shape index (κ3) is 2.21. The second-order valence-electron chi connectivity index (χ2n) is 5.23. The van der Waals surface area contributed by atoms with Crippen LogP contribution in [-0.4, -0.2) is 12.3 Å². The highest BCUT2D eigenvalue weighted by Gasteiger charge is 2.32. The average Bonchev–Trinajstić information content (AvgIpc) is 2.60. The van der Waals surface area contributed by atoms with Gasteiger partial charge in [0.2, 0.25) is 0 Å². The van der Waals surface area contributed by atoms with E-state index in [0.29, 0.717) is 21.5 Å². The number of nitriles is 1. The molecule has 0 aliphatic heterocycles. The lowest BCUT2D eigenvalue weighted by molar-refractivity contribution is 0.102. The van der Waals surface area contributed by atoms with Crippen LogP contribution in [0.4, 0.5) is 10.7 Å². The molecule has 96 valence electrons. The zero-order valence-electron chi connectivity index (χ0n) is 10.7. The first-order chi connectivity index (χ1) is 8.47. The summed E-state index contributed by atoms with van der Waals surface area (Å²) in [6.07, 6.45) is 3.69. The van der Waals surface area contributed by atoms with Gasteiger partial charge in [0, 0.05) is 13.5 Å². The fourth-order valence-electron chi connectivity index (χ4n) is 2.19. The van der Waals surface area contributed by atoms with Gasteiger partial charge in [0.15, 0.2) is 5.78 Å². The van der Waals surface area contributed by atoms with Gasteiger partial charge in [-0.3, -0.25) is 4.79 Å². The summed E-state index contributed by atoms with van der Waals surface area (Å²) in [4.78, 5) is 11.9. The summed E-state index contributed by atoms with van der Waals surface area (Å²) in [5, 5.41) is 13.1. The highest BCUT2D eigenvalue weighted by molar-refractivity contribution is 7.18. The van der Waals surface area contributed by atoms with Crippen LogP contribution < -0.4 is 11.1 Å². The Morgan fingerprint density at radius 3 is 2.72 bits per heavy atom. The molecule has 3 N–H and O–H groups in total. The molecule has 1 aliphatic carbocycles. The summed E-state index contributed by atoms with van der Waals surface area (Å²) in [5.41, 5.74) is 6.88. The van der Waals surface area contributed by atoms with Crippen LogP contribution in [0.2, 0.25) is 0 Å². The molecule has 5 heteroatoms. The minimum atomic E-state index is -0.0862. The van der Waals surface area contributed by atoms with E-state index in [4.69, 9.17) is 11.0 Å². The van der Waals surface area contributed by atoms with Gasteiger partial charge in [0.25, 0.3) is 0 Å². The van der Waals surface area contributed by atoms with Crippen molar-refractivity contribution in [3.8, 4) is 6.07 Å². The number of hydrogen-bond donors (Lipinski definition) is 2. The molecule has 0 spiro atoms. The van der Waals surface area contributed by atoms with E-state index in [-0.39, 0.29) is 5.78 Å². The van der Waals surface area contributed by atoms with E-state index in [1.54, 1.807) is 0 Å². The van der Waals surface area contributed by atoms with Crippen molar-refractivity contribution < 1.29 is 4.79 Å². The molecule has 4 nitrogen and oxygen atoms in total. The highest BCUT2D eigenvalue weighted by atomic mass is 32.1. The Hall–Kier alpha value is -1.54. The Morgan fingerprint density at radius 2 is 2.28 bits per heavy atom. The largest absolute Gasteiger partial charge is 0.396 e. The highest BCUT2D eigenvalue weighted by Crippen LogP contribution is 2.42. The predicted molar refractivity (Wildman–Crippen MR) is 73.9 cm³/mol. The number of carbonyl (C=O) groups excluding carboxylic acids is 1. The second kappa shape index (κ2) is 4.62. The van der Waals surface area contributed by atoms with Crippen molar-refractivity contribution in [3.63, 3.8) is 0 Å². The summed E-state index contributed by atoms with van der Waals surface area (Å²) >= 11 is 1.29. The van der Waals surface area contributed by atoms with Gasteiger partial charge in [-0.25, -0.2) is 0 Å². The monoisotopic (exact) mass is 263 g/mol. The van der Waals surface area contributed by atoms with Gasteiger partial charge < -0.3 is 11.1 Å². The molecular formula is C13H17N3OS. The van der Waals surface area contributed by atoms with E-state index < -0.39 is 0 Å². The van der Waals surface area contributed by atoms with Gasteiger partial charge >= 0.3 is 0 Å². The SMILES string of the molecule is CC(=O)c1sc(NCC2(C)CCC2)c(C#N)c1N. The van der Waals surface area contributed by atoms with Crippen LogP contribution in [0.5, 0.6) is 0 Å². The first kappa shape index (κ1) is 12.9. The minimum absolute atomic E-state index is 0.0862. The molecule has 18 heavy (non-hydrogen) atoms. The van der Waals surface area contributed by atoms with Crippen LogP contribution in [0, 0.1) is 16.7 Å². The third-order valence-electron chi connectivity index (χ3n) is 3.61. The zero-order valence-corrected chi connectivity index (χ0v) is 11.5. The number of ketones is 1. The third-order valence-corrected chi connectivity index (χ3v) is 4.88. The van der Waals surface area contributed by atoms with E-state index in [2.05, 4.69) is 18.3 Å². The lowest BCUT2D eigenvalue weighted by Gasteiger charge is -2.38. The van der Waals surface area contributed by atoms with Gasteiger partial charge in [-0.15, -0.1) is 11.3 Å². The van der Waals surface area contributed by atoms with Crippen LogP contribution in [0.1, 0.15) is 48.3 Å².